The molecule has 0 saturated carbocycles. The largest absolute Gasteiger partial charge is 0.325 e. The van der Waals surface area contributed by atoms with Crippen molar-refractivity contribution in [1.82, 2.24) is 5.32 Å². The third-order valence-corrected chi connectivity index (χ3v) is 7.37. The lowest BCUT2D eigenvalue weighted by atomic mass is 10.1. The van der Waals surface area contributed by atoms with Gasteiger partial charge in [0.15, 0.2) is 0 Å². The quantitative estimate of drug-likeness (QED) is 0.0753. The van der Waals surface area contributed by atoms with E-state index in [9.17, 15) is 24.5 Å². The van der Waals surface area contributed by atoms with Gasteiger partial charge in [0.25, 0.3) is 17.5 Å². The molecule has 0 saturated heterocycles. The first-order chi connectivity index (χ1) is 20.2. The zero-order chi connectivity index (χ0) is 30.1. The van der Waals surface area contributed by atoms with E-state index in [1.54, 1.807) is 67.6 Å². The molecule has 3 N–H and O–H groups in total. The molecule has 212 valence electrons. The molecular weight excluding hydrogens is 620 g/mol. The molecule has 42 heavy (non-hydrogen) atoms. The number of amides is 3. The number of carbonyl (C=O) groups excluding carboxylic acids is 3. The van der Waals surface area contributed by atoms with E-state index in [0.717, 1.165) is 14.9 Å². The molecule has 4 rings (SSSR count). The monoisotopic (exact) mass is 644 g/mol. The van der Waals surface area contributed by atoms with Crippen LogP contribution in [0.15, 0.2) is 112 Å². The number of rotatable bonds is 10. The summed E-state index contributed by atoms with van der Waals surface area (Å²) < 4.78 is 0.829. The van der Waals surface area contributed by atoms with Gasteiger partial charge in [0.05, 0.1) is 10.7 Å². The summed E-state index contributed by atoms with van der Waals surface area (Å²) in [4.78, 5) is 49.7. The Labute approximate surface area is 254 Å². The summed E-state index contributed by atoms with van der Waals surface area (Å²) in [5.74, 6) is -1.06. The number of non-ortho nitro benzene ring substituents is 1. The molecule has 0 atom stereocenters. The molecule has 3 amide bonds. The maximum atomic E-state index is 13.2. The fourth-order valence-electron chi connectivity index (χ4n) is 3.78. The van der Waals surface area contributed by atoms with Gasteiger partial charge in [-0.05, 0) is 78.7 Å². The van der Waals surface area contributed by atoms with Gasteiger partial charge in [0, 0.05) is 38.4 Å². The van der Waals surface area contributed by atoms with Gasteiger partial charge in [0.2, 0.25) is 5.91 Å². The molecule has 0 radical (unpaired) electrons. The summed E-state index contributed by atoms with van der Waals surface area (Å²) in [6, 6.07) is 27.1. The number of nitro groups is 1. The average molecular weight is 646 g/mol. The summed E-state index contributed by atoms with van der Waals surface area (Å²) in [7, 11) is 0. The van der Waals surface area contributed by atoms with Crippen molar-refractivity contribution in [2.24, 2.45) is 0 Å². The van der Waals surface area contributed by atoms with Gasteiger partial charge in [0.1, 0.15) is 5.70 Å². The second-order valence-electron chi connectivity index (χ2n) is 9.00. The van der Waals surface area contributed by atoms with E-state index in [-0.39, 0.29) is 23.0 Å². The molecule has 0 spiro atoms. The number of hydrogen-bond acceptors (Lipinski definition) is 6. The fraction of sp³-hybridized carbons (Fsp3) is 0.0645. The maximum Gasteiger partial charge on any atom is 0.272 e. The van der Waals surface area contributed by atoms with Crippen LogP contribution in [-0.4, -0.2) is 28.4 Å². The van der Waals surface area contributed by atoms with Gasteiger partial charge >= 0.3 is 0 Å². The van der Waals surface area contributed by atoms with Crippen LogP contribution in [0.4, 0.5) is 17.1 Å². The van der Waals surface area contributed by atoms with Gasteiger partial charge in [-0.3, -0.25) is 24.5 Å². The number of nitrogens with zero attached hydrogens (tertiary/aromatic N) is 1. The second-order valence-corrected chi connectivity index (χ2v) is 11.0. The van der Waals surface area contributed by atoms with Crippen molar-refractivity contribution < 1.29 is 19.3 Å². The van der Waals surface area contributed by atoms with Crippen LogP contribution >= 0.6 is 27.7 Å². The smallest absolute Gasteiger partial charge is 0.272 e. The van der Waals surface area contributed by atoms with Crippen molar-refractivity contribution in [3.8, 4) is 0 Å². The van der Waals surface area contributed by atoms with Gasteiger partial charge in [-0.25, -0.2) is 0 Å². The number of carbonyl (C=O) groups is 3. The number of aryl methyl sites for hydroxylation is 1. The second kappa shape index (κ2) is 14.2. The molecule has 0 aromatic heterocycles. The zero-order valence-electron chi connectivity index (χ0n) is 22.3. The molecule has 0 unspecified atom stereocenters. The summed E-state index contributed by atoms with van der Waals surface area (Å²) in [6.45, 7) is 1.69. The van der Waals surface area contributed by atoms with Crippen molar-refractivity contribution in [2.75, 3.05) is 16.4 Å². The first kappa shape index (κ1) is 30.2. The Bertz CT molecular complexity index is 1660. The average Bonchev–Trinajstić information content (AvgIpc) is 2.98. The Morgan fingerprint density at radius 3 is 2.31 bits per heavy atom. The molecule has 0 aliphatic heterocycles. The summed E-state index contributed by atoms with van der Waals surface area (Å²) in [5.41, 5.74) is 2.77. The summed E-state index contributed by atoms with van der Waals surface area (Å²) >= 11 is 4.72. The molecule has 0 aliphatic rings. The third-order valence-electron chi connectivity index (χ3n) is 5.87. The van der Waals surface area contributed by atoms with Crippen LogP contribution in [0.3, 0.4) is 0 Å². The minimum atomic E-state index is -0.502. The molecule has 9 nitrogen and oxygen atoms in total. The normalized spacial score (nSPS) is 11.0. The van der Waals surface area contributed by atoms with E-state index in [0.29, 0.717) is 22.5 Å². The standard InChI is InChI=1S/C31H25BrN4O5S/c1-20-16-25(36(40)41)12-15-27(20)34-29(37)19-42-26-13-10-24(11-14-26)33-31(39)28(18-21-6-5-9-23(32)17-21)35-30(38)22-7-3-2-4-8-22/h2-18H,19H2,1H3,(H,33,39)(H,34,37)(H,35,38)/b28-18-. The van der Waals surface area contributed by atoms with E-state index >= 15 is 0 Å². The van der Waals surface area contributed by atoms with Crippen LogP contribution in [0.2, 0.25) is 0 Å². The number of hydrogen-bond donors (Lipinski definition) is 3. The van der Waals surface area contributed by atoms with E-state index in [2.05, 4.69) is 31.9 Å². The summed E-state index contributed by atoms with van der Waals surface area (Å²) in [5, 5.41) is 19.2. The number of benzene rings is 4. The highest BCUT2D eigenvalue weighted by Gasteiger charge is 2.16. The van der Waals surface area contributed by atoms with Crippen molar-refractivity contribution >= 4 is 68.6 Å². The minimum Gasteiger partial charge on any atom is -0.325 e. The Kier molecular flexibility index (Phi) is 10.2. The maximum absolute atomic E-state index is 13.2. The van der Waals surface area contributed by atoms with Crippen molar-refractivity contribution in [3.05, 3.63) is 134 Å². The zero-order valence-corrected chi connectivity index (χ0v) is 24.7. The van der Waals surface area contributed by atoms with E-state index in [1.165, 1.54) is 30.0 Å². The van der Waals surface area contributed by atoms with Crippen LogP contribution < -0.4 is 16.0 Å². The van der Waals surface area contributed by atoms with Crippen LogP contribution in [0.1, 0.15) is 21.5 Å². The SMILES string of the molecule is Cc1cc([N+](=O)[O-])ccc1NC(=O)CSc1ccc(NC(=O)/C(=C/c2cccc(Br)c2)NC(=O)c2ccccc2)cc1. The predicted molar refractivity (Wildman–Crippen MR) is 168 cm³/mol. The topological polar surface area (TPSA) is 130 Å². The number of thioether (sulfide) groups is 1. The number of nitro benzene ring substituents is 1. The third kappa shape index (κ3) is 8.63. The Balaban J connectivity index is 1.39. The van der Waals surface area contributed by atoms with Crippen molar-refractivity contribution in [1.29, 1.82) is 0 Å². The van der Waals surface area contributed by atoms with Gasteiger partial charge in [-0.1, -0.05) is 46.3 Å². The Morgan fingerprint density at radius 2 is 1.64 bits per heavy atom. The van der Waals surface area contributed by atoms with Crippen LogP contribution in [0, 0.1) is 17.0 Å². The Hall–Kier alpha value is -4.74. The first-order valence-electron chi connectivity index (χ1n) is 12.6. The molecular formula is C31H25BrN4O5S. The van der Waals surface area contributed by atoms with E-state index in [4.69, 9.17) is 0 Å². The summed E-state index contributed by atoms with van der Waals surface area (Å²) in [6.07, 6.45) is 1.59. The number of nitrogens with one attached hydrogen (secondary N) is 3. The van der Waals surface area contributed by atoms with E-state index < -0.39 is 16.7 Å². The van der Waals surface area contributed by atoms with Gasteiger partial charge in [-0.2, -0.15) is 0 Å². The highest BCUT2D eigenvalue weighted by molar-refractivity contribution is 9.10. The number of halogens is 1. The Morgan fingerprint density at radius 1 is 0.905 bits per heavy atom. The van der Waals surface area contributed by atoms with Gasteiger partial charge in [-0.15, -0.1) is 11.8 Å². The lowest BCUT2D eigenvalue weighted by Gasteiger charge is -2.12. The molecule has 4 aromatic rings. The number of anilines is 2. The van der Waals surface area contributed by atoms with Crippen LogP contribution in [-0.2, 0) is 9.59 Å². The van der Waals surface area contributed by atoms with Crippen molar-refractivity contribution in [3.63, 3.8) is 0 Å². The predicted octanol–water partition coefficient (Wildman–Crippen LogP) is 6.81. The van der Waals surface area contributed by atoms with Gasteiger partial charge < -0.3 is 16.0 Å². The lowest BCUT2D eigenvalue weighted by Crippen LogP contribution is -2.30. The molecule has 0 bridgehead atoms. The minimum absolute atomic E-state index is 0.0404. The molecule has 0 fully saturated rings. The lowest BCUT2D eigenvalue weighted by molar-refractivity contribution is -0.384. The highest BCUT2D eigenvalue weighted by Crippen LogP contribution is 2.24. The van der Waals surface area contributed by atoms with Crippen LogP contribution in [0.25, 0.3) is 6.08 Å². The molecule has 0 heterocycles. The molecule has 0 aliphatic carbocycles. The van der Waals surface area contributed by atoms with Crippen LogP contribution in [0.5, 0.6) is 0 Å². The fourth-order valence-corrected chi connectivity index (χ4v) is 4.89. The molecule has 11 heteroatoms. The molecule has 4 aromatic carbocycles. The first-order valence-corrected chi connectivity index (χ1v) is 14.4. The van der Waals surface area contributed by atoms with E-state index in [1.807, 2.05) is 24.3 Å². The van der Waals surface area contributed by atoms with Crippen molar-refractivity contribution in [2.45, 2.75) is 11.8 Å². The highest BCUT2D eigenvalue weighted by atomic mass is 79.9.